The lowest BCUT2D eigenvalue weighted by Gasteiger charge is -2.17. The van der Waals surface area contributed by atoms with Gasteiger partial charge in [0, 0.05) is 6.42 Å². The van der Waals surface area contributed by atoms with Gasteiger partial charge in [0.2, 0.25) is 0 Å². The predicted molar refractivity (Wildman–Crippen MR) is 90.6 cm³/mol. The van der Waals surface area contributed by atoms with Crippen LogP contribution in [0.25, 0.3) is 0 Å². The van der Waals surface area contributed by atoms with Gasteiger partial charge < -0.3 is 4.74 Å². The van der Waals surface area contributed by atoms with Crippen molar-refractivity contribution in [3.63, 3.8) is 0 Å². The van der Waals surface area contributed by atoms with Gasteiger partial charge in [0.25, 0.3) is 0 Å². The molecule has 1 heterocycles. The number of nitrogens with zero attached hydrogens (tertiary/aromatic N) is 2. The molecule has 0 aliphatic heterocycles. The second-order valence-corrected chi connectivity index (χ2v) is 11.7. The van der Waals surface area contributed by atoms with Crippen LogP contribution in [0, 0.1) is 5.82 Å². The SMILES string of the molecule is COC(=O)c1ncc(Cl)nc1Cc1ccc([Si](C)(C)C)cc1F. The summed E-state index contributed by atoms with van der Waals surface area (Å²) in [7, 11) is -0.331. The lowest BCUT2D eigenvalue weighted by molar-refractivity contribution is 0.0592. The van der Waals surface area contributed by atoms with Crippen LogP contribution < -0.4 is 5.19 Å². The zero-order valence-electron chi connectivity index (χ0n) is 13.5. The number of hydrogen-bond donors (Lipinski definition) is 0. The van der Waals surface area contributed by atoms with Crippen LogP contribution >= 0.6 is 11.6 Å². The monoisotopic (exact) mass is 352 g/mol. The Morgan fingerprint density at radius 2 is 2.04 bits per heavy atom. The molecule has 0 amide bonds. The fraction of sp³-hybridized carbons (Fsp3) is 0.312. The number of carbonyl (C=O) groups excluding carboxylic acids is 1. The van der Waals surface area contributed by atoms with E-state index >= 15 is 0 Å². The highest BCUT2D eigenvalue weighted by atomic mass is 35.5. The number of methoxy groups -OCH3 is 1. The van der Waals surface area contributed by atoms with Gasteiger partial charge in [0.1, 0.15) is 11.0 Å². The lowest BCUT2D eigenvalue weighted by atomic mass is 10.1. The van der Waals surface area contributed by atoms with Gasteiger partial charge in [-0.2, -0.15) is 0 Å². The van der Waals surface area contributed by atoms with Crippen molar-refractivity contribution in [1.29, 1.82) is 0 Å². The number of esters is 1. The van der Waals surface area contributed by atoms with E-state index in [1.54, 1.807) is 12.1 Å². The summed E-state index contributed by atoms with van der Waals surface area (Å²) in [5.41, 5.74) is 0.781. The molecular formula is C16H18ClFN2O2Si. The van der Waals surface area contributed by atoms with E-state index < -0.39 is 14.0 Å². The summed E-state index contributed by atoms with van der Waals surface area (Å²) in [5, 5.41) is 1.18. The number of rotatable bonds is 4. The molecule has 0 atom stereocenters. The summed E-state index contributed by atoms with van der Waals surface area (Å²) >= 11 is 5.84. The van der Waals surface area contributed by atoms with Crippen LogP contribution in [-0.4, -0.2) is 31.1 Å². The first-order chi connectivity index (χ1) is 10.7. The minimum Gasteiger partial charge on any atom is -0.464 e. The molecule has 0 aliphatic rings. The molecule has 2 aromatic rings. The molecule has 0 fully saturated rings. The second-order valence-electron chi connectivity index (χ2n) is 6.21. The summed E-state index contributed by atoms with van der Waals surface area (Å²) in [6.45, 7) is 6.46. The van der Waals surface area contributed by atoms with Crippen molar-refractivity contribution in [2.45, 2.75) is 26.1 Å². The number of hydrogen-bond acceptors (Lipinski definition) is 4. The van der Waals surface area contributed by atoms with E-state index in [0.29, 0.717) is 11.3 Å². The quantitative estimate of drug-likeness (QED) is 0.626. The van der Waals surface area contributed by atoms with Crippen molar-refractivity contribution >= 4 is 30.8 Å². The molecule has 0 radical (unpaired) electrons. The van der Waals surface area contributed by atoms with E-state index in [0.717, 1.165) is 5.19 Å². The number of benzene rings is 1. The third-order valence-electron chi connectivity index (χ3n) is 3.47. The third-order valence-corrected chi connectivity index (χ3v) is 5.70. The fourth-order valence-corrected chi connectivity index (χ4v) is 3.42. The Bertz CT molecular complexity index is 747. The summed E-state index contributed by atoms with van der Waals surface area (Å²) in [4.78, 5) is 19.8. The van der Waals surface area contributed by atoms with Crippen molar-refractivity contribution < 1.29 is 13.9 Å². The Morgan fingerprint density at radius 1 is 1.35 bits per heavy atom. The normalized spacial score (nSPS) is 11.4. The molecule has 4 nitrogen and oxygen atoms in total. The van der Waals surface area contributed by atoms with E-state index in [1.807, 2.05) is 6.07 Å². The zero-order chi connectivity index (χ0) is 17.2. The Labute approximate surface area is 140 Å². The molecule has 7 heteroatoms. The van der Waals surface area contributed by atoms with Gasteiger partial charge in [-0.1, -0.05) is 48.6 Å². The van der Waals surface area contributed by atoms with Crippen molar-refractivity contribution in [2.75, 3.05) is 7.11 Å². The molecule has 0 saturated carbocycles. The predicted octanol–water partition coefficient (Wildman–Crippen LogP) is 3.19. The Morgan fingerprint density at radius 3 is 2.61 bits per heavy atom. The van der Waals surface area contributed by atoms with Crippen LogP contribution in [0.1, 0.15) is 21.7 Å². The molecule has 0 spiro atoms. The molecule has 0 unspecified atom stereocenters. The van der Waals surface area contributed by atoms with Gasteiger partial charge in [0.15, 0.2) is 5.69 Å². The van der Waals surface area contributed by atoms with Crippen LogP contribution in [0.2, 0.25) is 24.8 Å². The fourth-order valence-electron chi connectivity index (χ4n) is 2.13. The molecule has 0 N–H and O–H groups in total. The first-order valence-corrected chi connectivity index (χ1v) is 11.0. The average molecular weight is 353 g/mol. The minimum absolute atomic E-state index is 0.0468. The Hall–Kier alpha value is -1.79. The molecule has 1 aromatic heterocycles. The highest BCUT2D eigenvalue weighted by Gasteiger charge is 2.20. The largest absolute Gasteiger partial charge is 0.464 e. The maximum Gasteiger partial charge on any atom is 0.358 e. The molecule has 1 aromatic carbocycles. The maximum absolute atomic E-state index is 14.4. The van der Waals surface area contributed by atoms with Crippen LogP contribution in [0.4, 0.5) is 4.39 Å². The van der Waals surface area contributed by atoms with E-state index in [2.05, 4.69) is 34.3 Å². The molecule has 0 aliphatic carbocycles. The minimum atomic E-state index is -1.59. The van der Waals surface area contributed by atoms with Gasteiger partial charge in [-0.3, -0.25) is 0 Å². The maximum atomic E-state index is 14.4. The molecule has 2 rings (SSSR count). The van der Waals surface area contributed by atoms with E-state index in [9.17, 15) is 9.18 Å². The van der Waals surface area contributed by atoms with E-state index in [-0.39, 0.29) is 23.1 Å². The van der Waals surface area contributed by atoms with Gasteiger partial charge in [-0.05, 0) is 11.6 Å². The number of carbonyl (C=O) groups is 1. The molecule has 122 valence electrons. The summed E-state index contributed by atoms with van der Waals surface area (Å²) < 4.78 is 19.1. The number of aromatic nitrogens is 2. The number of halogens is 2. The Kier molecular flexibility index (Phi) is 5.16. The highest BCUT2D eigenvalue weighted by Crippen LogP contribution is 2.17. The second kappa shape index (κ2) is 6.76. The van der Waals surface area contributed by atoms with Crippen LogP contribution in [0.15, 0.2) is 24.4 Å². The lowest BCUT2D eigenvalue weighted by Crippen LogP contribution is -2.37. The Balaban J connectivity index is 2.40. The average Bonchev–Trinajstić information content (AvgIpc) is 2.47. The van der Waals surface area contributed by atoms with Crippen molar-refractivity contribution in [2.24, 2.45) is 0 Å². The highest BCUT2D eigenvalue weighted by molar-refractivity contribution is 6.88. The molecule has 0 saturated heterocycles. The molecular weight excluding hydrogens is 335 g/mol. The molecule has 23 heavy (non-hydrogen) atoms. The van der Waals surface area contributed by atoms with Gasteiger partial charge in [-0.25, -0.2) is 19.2 Å². The van der Waals surface area contributed by atoms with Crippen molar-refractivity contribution in [3.8, 4) is 0 Å². The van der Waals surface area contributed by atoms with Gasteiger partial charge >= 0.3 is 5.97 Å². The zero-order valence-corrected chi connectivity index (χ0v) is 15.2. The number of ether oxygens (including phenoxy) is 1. The van der Waals surface area contributed by atoms with E-state index in [1.165, 1.54) is 13.3 Å². The van der Waals surface area contributed by atoms with Crippen LogP contribution in [-0.2, 0) is 11.2 Å². The molecule has 0 bridgehead atoms. The first-order valence-electron chi connectivity index (χ1n) is 7.11. The topological polar surface area (TPSA) is 52.1 Å². The summed E-state index contributed by atoms with van der Waals surface area (Å²) in [6, 6.07) is 5.23. The smallest absolute Gasteiger partial charge is 0.358 e. The third kappa shape index (κ3) is 4.14. The van der Waals surface area contributed by atoms with Gasteiger partial charge in [0.05, 0.1) is 27.1 Å². The van der Waals surface area contributed by atoms with Crippen molar-refractivity contribution in [3.05, 3.63) is 52.3 Å². The van der Waals surface area contributed by atoms with E-state index in [4.69, 9.17) is 11.6 Å². The standard InChI is InChI=1S/C16H18ClFN2O2Si/c1-22-16(21)15-13(20-14(17)9-19-15)7-10-5-6-11(8-12(10)18)23(2,3)4/h5-6,8-9H,7H2,1-4H3. The first kappa shape index (κ1) is 17.6. The summed E-state index contributed by atoms with van der Waals surface area (Å²) in [6.07, 6.45) is 1.39. The van der Waals surface area contributed by atoms with Crippen LogP contribution in [0.5, 0.6) is 0 Å². The van der Waals surface area contributed by atoms with Crippen LogP contribution in [0.3, 0.4) is 0 Å². The van der Waals surface area contributed by atoms with Gasteiger partial charge in [-0.15, -0.1) is 0 Å². The summed E-state index contributed by atoms with van der Waals surface area (Å²) in [5.74, 6) is -0.939. The van der Waals surface area contributed by atoms with Crippen molar-refractivity contribution in [1.82, 2.24) is 9.97 Å².